The molecule has 7 heteroatoms. The molecule has 2 aliphatic rings. The van der Waals surface area contributed by atoms with Crippen molar-refractivity contribution in [3.63, 3.8) is 0 Å². The fourth-order valence-electron chi connectivity index (χ4n) is 3.82. The van der Waals surface area contributed by atoms with Crippen LogP contribution in [0.4, 0.5) is 10.5 Å². The molecule has 0 saturated heterocycles. The standard InChI is InChI=1S/C25H22ClN3O3/c1-25(2)31-21-13-12-19(14-22(21)32-25)27-24(30)29-15-20(16-6-4-3-5-7-16)23(28-29)17-8-10-18(26)11-9-17/h3-14,28H,15H2,1-2H3,(H,27,30). The average Bonchev–Trinajstić information content (AvgIpc) is 3.35. The van der Waals surface area contributed by atoms with Crippen LogP contribution < -0.4 is 20.2 Å². The lowest BCUT2D eigenvalue weighted by atomic mass is 10.0. The zero-order chi connectivity index (χ0) is 22.3. The van der Waals surface area contributed by atoms with Crippen LogP contribution in [0.3, 0.4) is 0 Å². The van der Waals surface area contributed by atoms with Crippen molar-refractivity contribution in [2.24, 2.45) is 0 Å². The van der Waals surface area contributed by atoms with E-state index in [0.29, 0.717) is 28.8 Å². The van der Waals surface area contributed by atoms with E-state index in [-0.39, 0.29) is 6.03 Å². The fraction of sp³-hybridized carbons (Fsp3) is 0.160. The number of rotatable bonds is 3. The van der Waals surface area contributed by atoms with E-state index in [4.69, 9.17) is 21.1 Å². The van der Waals surface area contributed by atoms with Gasteiger partial charge in [0.15, 0.2) is 11.5 Å². The lowest BCUT2D eigenvalue weighted by Gasteiger charge is -2.19. The first-order valence-electron chi connectivity index (χ1n) is 10.3. The van der Waals surface area contributed by atoms with Crippen LogP contribution in [-0.2, 0) is 0 Å². The number of urea groups is 1. The first-order chi connectivity index (χ1) is 15.4. The summed E-state index contributed by atoms with van der Waals surface area (Å²) in [5.74, 6) is 0.543. The largest absolute Gasteiger partial charge is 0.449 e. The number of benzene rings is 3. The molecule has 32 heavy (non-hydrogen) atoms. The second kappa shape index (κ2) is 7.80. The Morgan fingerprint density at radius 2 is 1.69 bits per heavy atom. The first-order valence-corrected chi connectivity index (χ1v) is 10.7. The van der Waals surface area contributed by atoms with Gasteiger partial charge >= 0.3 is 6.03 Å². The van der Waals surface area contributed by atoms with Gasteiger partial charge < -0.3 is 14.8 Å². The third-order valence-corrected chi connectivity index (χ3v) is 5.52. The predicted molar refractivity (Wildman–Crippen MR) is 125 cm³/mol. The molecule has 2 N–H and O–H groups in total. The number of anilines is 1. The molecular formula is C25H22ClN3O3. The summed E-state index contributed by atoms with van der Waals surface area (Å²) in [5, 5.41) is 5.15. The molecule has 0 aromatic heterocycles. The number of nitrogens with zero attached hydrogens (tertiary/aromatic N) is 1. The number of hydrogen-bond acceptors (Lipinski definition) is 4. The smallest absolute Gasteiger partial charge is 0.340 e. The van der Waals surface area contributed by atoms with Gasteiger partial charge in [-0.15, -0.1) is 0 Å². The molecule has 162 valence electrons. The molecule has 0 fully saturated rings. The number of fused-ring (bicyclic) bond motifs is 1. The van der Waals surface area contributed by atoms with Crippen molar-refractivity contribution in [2.75, 3.05) is 11.9 Å². The number of ether oxygens (including phenoxy) is 2. The Labute approximate surface area is 191 Å². The van der Waals surface area contributed by atoms with Gasteiger partial charge in [0.2, 0.25) is 5.79 Å². The summed E-state index contributed by atoms with van der Waals surface area (Å²) in [6.07, 6.45) is 0. The Balaban J connectivity index is 1.38. The third kappa shape index (κ3) is 3.97. The van der Waals surface area contributed by atoms with Gasteiger partial charge in [-0.3, -0.25) is 5.43 Å². The molecule has 0 atom stereocenters. The minimum Gasteiger partial charge on any atom is -0.449 e. The zero-order valence-corrected chi connectivity index (χ0v) is 18.4. The molecule has 0 saturated carbocycles. The minimum atomic E-state index is -0.719. The summed E-state index contributed by atoms with van der Waals surface area (Å²) >= 11 is 6.07. The van der Waals surface area contributed by atoms with Crippen LogP contribution in [0.25, 0.3) is 11.3 Å². The van der Waals surface area contributed by atoms with Gasteiger partial charge in [-0.25, -0.2) is 9.80 Å². The SMILES string of the molecule is CC1(C)Oc2ccc(NC(=O)N3CC(c4ccccc4)=C(c4ccc(Cl)cc4)N3)cc2O1. The highest BCUT2D eigenvalue weighted by Crippen LogP contribution is 2.40. The van der Waals surface area contributed by atoms with Crippen molar-refractivity contribution >= 4 is 34.6 Å². The highest BCUT2D eigenvalue weighted by Gasteiger charge is 2.32. The van der Waals surface area contributed by atoms with E-state index >= 15 is 0 Å². The summed E-state index contributed by atoms with van der Waals surface area (Å²) in [7, 11) is 0. The molecule has 2 heterocycles. The van der Waals surface area contributed by atoms with Gasteiger partial charge in [-0.1, -0.05) is 54.1 Å². The molecule has 0 radical (unpaired) electrons. The second-order valence-electron chi connectivity index (χ2n) is 8.12. The topological polar surface area (TPSA) is 62.8 Å². The van der Waals surface area contributed by atoms with Crippen LogP contribution in [0.1, 0.15) is 25.0 Å². The van der Waals surface area contributed by atoms with Crippen molar-refractivity contribution in [3.05, 3.63) is 88.9 Å². The Morgan fingerprint density at radius 1 is 0.969 bits per heavy atom. The number of hydrogen-bond donors (Lipinski definition) is 2. The van der Waals surface area contributed by atoms with Gasteiger partial charge in [0.05, 0.1) is 12.2 Å². The molecule has 2 aliphatic heterocycles. The van der Waals surface area contributed by atoms with Crippen LogP contribution in [0.15, 0.2) is 72.8 Å². The summed E-state index contributed by atoms with van der Waals surface area (Å²) in [4.78, 5) is 13.1. The number of carbonyl (C=O) groups excluding carboxylic acids is 1. The van der Waals surface area contributed by atoms with Crippen LogP contribution >= 0.6 is 11.6 Å². The van der Waals surface area contributed by atoms with Crippen molar-refractivity contribution in [1.29, 1.82) is 0 Å². The normalized spacial score (nSPS) is 16.2. The lowest BCUT2D eigenvalue weighted by Crippen LogP contribution is -2.40. The highest BCUT2D eigenvalue weighted by molar-refractivity contribution is 6.30. The molecule has 3 aromatic carbocycles. The van der Waals surface area contributed by atoms with Gasteiger partial charge in [-0.2, -0.15) is 0 Å². The molecule has 6 nitrogen and oxygen atoms in total. The summed E-state index contributed by atoms with van der Waals surface area (Å²) in [5.41, 5.74) is 7.78. The maximum atomic E-state index is 13.1. The van der Waals surface area contributed by atoms with E-state index in [1.165, 1.54) is 0 Å². The van der Waals surface area contributed by atoms with E-state index in [2.05, 4.69) is 10.7 Å². The van der Waals surface area contributed by atoms with Crippen molar-refractivity contribution in [2.45, 2.75) is 19.6 Å². The first kappa shape index (κ1) is 20.3. The van der Waals surface area contributed by atoms with E-state index in [9.17, 15) is 4.79 Å². The van der Waals surface area contributed by atoms with Crippen LogP contribution in [-0.4, -0.2) is 23.4 Å². The van der Waals surface area contributed by atoms with Gasteiger partial charge in [-0.05, 0) is 35.4 Å². The van der Waals surface area contributed by atoms with Gasteiger partial charge in [0.25, 0.3) is 0 Å². The molecule has 0 spiro atoms. The number of amides is 2. The minimum absolute atomic E-state index is 0.277. The van der Waals surface area contributed by atoms with Crippen molar-refractivity contribution in [3.8, 4) is 11.5 Å². The molecule has 3 aromatic rings. The van der Waals surface area contributed by atoms with E-state index in [0.717, 1.165) is 22.4 Å². The van der Waals surface area contributed by atoms with Crippen molar-refractivity contribution < 1.29 is 14.3 Å². The van der Waals surface area contributed by atoms with E-state index in [1.807, 2.05) is 68.4 Å². The summed E-state index contributed by atoms with van der Waals surface area (Å²) in [6, 6.07) is 22.6. The molecule has 2 amide bonds. The highest BCUT2D eigenvalue weighted by atomic mass is 35.5. The molecule has 5 rings (SSSR count). The van der Waals surface area contributed by atoms with Crippen molar-refractivity contribution in [1.82, 2.24) is 10.4 Å². The Kier molecular flexibility index (Phi) is 4.94. The monoisotopic (exact) mass is 447 g/mol. The number of hydrazine groups is 1. The number of nitrogens with one attached hydrogen (secondary N) is 2. The molecule has 0 unspecified atom stereocenters. The summed E-state index contributed by atoms with van der Waals surface area (Å²) in [6.45, 7) is 4.09. The fourth-order valence-corrected chi connectivity index (χ4v) is 3.95. The maximum absolute atomic E-state index is 13.1. The van der Waals surface area contributed by atoms with Crippen LogP contribution in [0.2, 0.25) is 5.02 Å². The molecule has 0 bridgehead atoms. The van der Waals surface area contributed by atoms with Crippen LogP contribution in [0, 0.1) is 0 Å². The third-order valence-electron chi connectivity index (χ3n) is 5.27. The van der Waals surface area contributed by atoms with E-state index < -0.39 is 5.79 Å². The predicted octanol–water partition coefficient (Wildman–Crippen LogP) is 5.77. The Hall–Kier alpha value is -3.64. The average molecular weight is 448 g/mol. The van der Waals surface area contributed by atoms with Gasteiger partial charge in [0, 0.05) is 36.2 Å². The number of carbonyl (C=O) groups is 1. The lowest BCUT2D eigenvalue weighted by molar-refractivity contribution is -0.0431. The Bertz CT molecular complexity index is 1210. The van der Waals surface area contributed by atoms with E-state index in [1.54, 1.807) is 23.2 Å². The Morgan fingerprint density at radius 3 is 2.44 bits per heavy atom. The second-order valence-corrected chi connectivity index (χ2v) is 8.56. The number of halogens is 1. The van der Waals surface area contributed by atoms with Crippen LogP contribution in [0.5, 0.6) is 11.5 Å². The maximum Gasteiger partial charge on any atom is 0.340 e. The molecular weight excluding hydrogens is 426 g/mol. The van der Waals surface area contributed by atoms with Gasteiger partial charge in [0.1, 0.15) is 0 Å². The molecule has 0 aliphatic carbocycles. The quantitative estimate of drug-likeness (QED) is 0.535. The zero-order valence-electron chi connectivity index (χ0n) is 17.7. The summed E-state index contributed by atoms with van der Waals surface area (Å²) < 4.78 is 11.5.